The van der Waals surface area contributed by atoms with Crippen molar-refractivity contribution in [1.29, 1.82) is 0 Å². The Morgan fingerprint density at radius 1 is 1.35 bits per heavy atom. The number of benzene rings is 1. The third kappa shape index (κ3) is 5.71. The van der Waals surface area contributed by atoms with Crippen molar-refractivity contribution < 1.29 is 31.9 Å². The van der Waals surface area contributed by atoms with Crippen LogP contribution < -0.4 is 0 Å². The number of piperidine rings is 1. The third-order valence-corrected chi connectivity index (χ3v) is 4.41. The summed E-state index contributed by atoms with van der Waals surface area (Å²) >= 11 is 0. The van der Waals surface area contributed by atoms with E-state index < -0.39 is 48.9 Å². The summed E-state index contributed by atoms with van der Waals surface area (Å²) in [6.45, 7) is 0.815. The van der Waals surface area contributed by atoms with Gasteiger partial charge in [0.25, 0.3) is 5.91 Å². The van der Waals surface area contributed by atoms with E-state index in [1.54, 1.807) is 13.0 Å². The molecule has 1 amide bonds. The van der Waals surface area contributed by atoms with Gasteiger partial charge in [-0.15, -0.1) is 0 Å². The number of alkyl halides is 3. The molecule has 1 saturated heterocycles. The molecule has 0 aliphatic carbocycles. The van der Waals surface area contributed by atoms with Gasteiger partial charge < -0.3 is 9.64 Å². The van der Waals surface area contributed by atoms with E-state index in [2.05, 4.69) is 0 Å². The average molecular weight is 375 g/mol. The highest BCUT2D eigenvalue weighted by atomic mass is 19.4. The zero-order valence-corrected chi connectivity index (χ0v) is 14.4. The predicted octanol–water partition coefficient (Wildman–Crippen LogP) is 3.35. The van der Waals surface area contributed by atoms with Gasteiger partial charge in [-0.2, -0.15) is 13.2 Å². The molecule has 2 unspecified atom stereocenters. The fourth-order valence-corrected chi connectivity index (χ4v) is 2.94. The summed E-state index contributed by atoms with van der Waals surface area (Å²) in [5, 5.41) is 0. The topological polar surface area (TPSA) is 46.6 Å². The van der Waals surface area contributed by atoms with Crippen LogP contribution in [-0.2, 0) is 20.7 Å². The van der Waals surface area contributed by atoms with Gasteiger partial charge in [-0.05, 0) is 37.0 Å². The molecule has 1 heterocycles. The molecule has 4 nitrogen and oxygen atoms in total. The Balaban J connectivity index is 1.81. The summed E-state index contributed by atoms with van der Waals surface area (Å²) in [4.78, 5) is 25.1. The Kier molecular flexibility index (Phi) is 6.61. The Bertz CT molecular complexity index is 648. The van der Waals surface area contributed by atoms with Crippen molar-refractivity contribution >= 4 is 11.9 Å². The van der Waals surface area contributed by atoms with Crippen molar-refractivity contribution in [3.63, 3.8) is 0 Å². The number of ether oxygens (including phenoxy) is 1. The van der Waals surface area contributed by atoms with Gasteiger partial charge in [0.1, 0.15) is 5.82 Å². The third-order valence-electron chi connectivity index (χ3n) is 4.41. The lowest BCUT2D eigenvalue weighted by Crippen LogP contribution is -2.46. The van der Waals surface area contributed by atoms with E-state index in [4.69, 9.17) is 4.74 Å². The predicted molar refractivity (Wildman–Crippen MR) is 85.6 cm³/mol. The normalized spacial score (nSPS) is 19.1. The van der Waals surface area contributed by atoms with E-state index >= 15 is 0 Å². The first-order valence-corrected chi connectivity index (χ1v) is 8.42. The van der Waals surface area contributed by atoms with Crippen LogP contribution in [0.25, 0.3) is 0 Å². The van der Waals surface area contributed by atoms with Crippen LogP contribution in [0.1, 0.15) is 25.3 Å². The maximum absolute atomic E-state index is 13.1. The Morgan fingerprint density at radius 3 is 2.73 bits per heavy atom. The van der Waals surface area contributed by atoms with Crippen LogP contribution in [0, 0.1) is 17.7 Å². The highest BCUT2D eigenvalue weighted by Gasteiger charge is 2.42. The number of amides is 1. The molecule has 0 N–H and O–H groups in total. The Hall–Kier alpha value is -2.12. The van der Waals surface area contributed by atoms with Gasteiger partial charge in [0.15, 0.2) is 6.61 Å². The standard InChI is InChI=1S/C18H21F4NO3/c1-12(8-13-4-2-6-15(19)9-13)17(25)26-11-16(24)23-7-3-5-14(10-23)18(20,21)22/h2,4,6,9,12,14H,3,5,7-8,10-11H2,1H3. The molecule has 1 aliphatic heterocycles. The fraction of sp³-hybridized carbons (Fsp3) is 0.556. The zero-order valence-electron chi connectivity index (χ0n) is 14.4. The van der Waals surface area contributed by atoms with Crippen LogP contribution in [0.4, 0.5) is 17.6 Å². The Labute approximate surface area is 149 Å². The lowest BCUT2D eigenvalue weighted by atomic mass is 9.97. The van der Waals surface area contributed by atoms with Gasteiger partial charge in [-0.3, -0.25) is 9.59 Å². The first-order chi connectivity index (χ1) is 12.2. The highest BCUT2D eigenvalue weighted by Crippen LogP contribution is 2.33. The molecule has 2 atom stereocenters. The summed E-state index contributed by atoms with van der Waals surface area (Å²) in [7, 11) is 0. The van der Waals surface area contributed by atoms with Crippen molar-refractivity contribution in [3.05, 3.63) is 35.6 Å². The monoisotopic (exact) mass is 375 g/mol. The molecule has 1 aromatic carbocycles. The van der Waals surface area contributed by atoms with Crippen molar-refractivity contribution in [2.45, 2.75) is 32.4 Å². The van der Waals surface area contributed by atoms with Crippen LogP contribution in [0.5, 0.6) is 0 Å². The summed E-state index contributed by atoms with van der Waals surface area (Å²) in [6.07, 6.45) is -3.84. The van der Waals surface area contributed by atoms with Gasteiger partial charge in [0.2, 0.25) is 0 Å². The average Bonchev–Trinajstić information content (AvgIpc) is 2.58. The van der Waals surface area contributed by atoms with Crippen LogP contribution >= 0.6 is 0 Å². The summed E-state index contributed by atoms with van der Waals surface area (Å²) < 4.78 is 56.4. The van der Waals surface area contributed by atoms with Crippen molar-refractivity contribution in [2.75, 3.05) is 19.7 Å². The number of rotatable bonds is 5. The molecule has 2 rings (SSSR count). The number of halogens is 4. The number of hydrogen-bond acceptors (Lipinski definition) is 3. The lowest BCUT2D eigenvalue weighted by Gasteiger charge is -2.33. The quantitative estimate of drug-likeness (QED) is 0.586. The first kappa shape index (κ1) is 20.2. The number of carbonyl (C=O) groups excluding carboxylic acids is 2. The second kappa shape index (κ2) is 8.51. The van der Waals surface area contributed by atoms with Crippen LogP contribution in [0.2, 0.25) is 0 Å². The van der Waals surface area contributed by atoms with Crippen molar-refractivity contribution in [2.24, 2.45) is 11.8 Å². The van der Waals surface area contributed by atoms with E-state index in [1.807, 2.05) is 0 Å². The Morgan fingerprint density at radius 2 is 2.08 bits per heavy atom. The summed E-state index contributed by atoms with van der Waals surface area (Å²) in [5.74, 6) is -3.84. The lowest BCUT2D eigenvalue weighted by molar-refractivity contribution is -0.189. The summed E-state index contributed by atoms with van der Waals surface area (Å²) in [6, 6.07) is 5.79. The molecule has 1 fully saturated rings. The van der Waals surface area contributed by atoms with Crippen molar-refractivity contribution in [1.82, 2.24) is 4.90 Å². The minimum absolute atomic E-state index is 0.00225. The van der Waals surface area contributed by atoms with E-state index in [0.717, 1.165) is 4.90 Å². The van der Waals surface area contributed by atoms with Gasteiger partial charge in [-0.1, -0.05) is 19.1 Å². The van der Waals surface area contributed by atoms with Gasteiger partial charge in [-0.25, -0.2) is 4.39 Å². The number of likely N-dealkylation sites (tertiary alicyclic amines) is 1. The van der Waals surface area contributed by atoms with Crippen LogP contribution in [0.15, 0.2) is 24.3 Å². The molecule has 26 heavy (non-hydrogen) atoms. The number of carbonyl (C=O) groups is 2. The number of hydrogen-bond donors (Lipinski definition) is 0. The smallest absolute Gasteiger partial charge is 0.393 e. The van der Waals surface area contributed by atoms with E-state index in [0.29, 0.717) is 5.56 Å². The summed E-state index contributed by atoms with van der Waals surface area (Å²) in [5.41, 5.74) is 0.616. The second-order valence-electron chi connectivity index (χ2n) is 6.56. The molecule has 1 aromatic rings. The minimum Gasteiger partial charge on any atom is -0.455 e. The molecule has 1 aliphatic rings. The fourth-order valence-electron chi connectivity index (χ4n) is 2.94. The first-order valence-electron chi connectivity index (χ1n) is 8.42. The highest BCUT2D eigenvalue weighted by molar-refractivity contribution is 5.81. The second-order valence-corrected chi connectivity index (χ2v) is 6.56. The van der Waals surface area contributed by atoms with E-state index in [9.17, 15) is 27.2 Å². The molecule has 0 saturated carbocycles. The molecule has 8 heteroatoms. The van der Waals surface area contributed by atoms with E-state index in [1.165, 1.54) is 18.2 Å². The SMILES string of the molecule is CC(Cc1cccc(F)c1)C(=O)OCC(=O)N1CCCC(C(F)(F)F)C1. The zero-order chi connectivity index (χ0) is 19.3. The van der Waals surface area contributed by atoms with Crippen molar-refractivity contribution in [3.8, 4) is 0 Å². The molecule has 144 valence electrons. The van der Waals surface area contributed by atoms with Gasteiger partial charge in [0.05, 0.1) is 11.8 Å². The van der Waals surface area contributed by atoms with Crippen LogP contribution in [-0.4, -0.2) is 42.6 Å². The number of esters is 1. The molecule has 0 spiro atoms. The minimum atomic E-state index is -4.34. The van der Waals surface area contributed by atoms with Gasteiger partial charge >= 0.3 is 12.1 Å². The molecular weight excluding hydrogens is 354 g/mol. The van der Waals surface area contributed by atoms with Gasteiger partial charge in [0, 0.05) is 13.1 Å². The number of nitrogens with zero attached hydrogens (tertiary/aromatic N) is 1. The largest absolute Gasteiger partial charge is 0.455 e. The molecular formula is C18H21F4NO3. The maximum Gasteiger partial charge on any atom is 0.393 e. The molecule has 0 bridgehead atoms. The van der Waals surface area contributed by atoms with Crippen LogP contribution in [0.3, 0.4) is 0 Å². The van der Waals surface area contributed by atoms with E-state index in [-0.39, 0.29) is 25.8 Å². The molecule has 0 aromatic heterocycles. The molecule has 0 radical (unpaired) electrons. The maximum atomic E-state index is 13.1.